The molecule has 3 aromatic carbocycles. The smallest absolute Gasteiger partial charge is 0.252 e. The van der Waals surface area contributed by atoms with Gasteiger partial charge in [0.05, 0.1) is 25.7 Å². The molecule has 10 nitrogen and oxygen atoms in total. The third-order valence-electron chi connectivity index (χ3n) is 6.58. The maximum atomic E-state index is 13.4. The fraction of sp³-hybridized carbons (Fsp3) is 0.214. The average molecular weight is 529 g/mol. The zero-order valence-corrected chi connectivity index (χ0v) is 21.1. The van der Waals surface area contributed by atoms with E-state index in [-0.39, 0.29) is 18.2 Å². The van der Waals surface area contributed by atoms with Gasteiger partial charge >= 0.3 is 0 Å². The first-order valence-electron chi connectivity index (χ1n) is 12.3. The lowest BCUT2D eigenvalue weighted by Gasteiger charge is -2.22. The minimum Gasteiger partial charge on any atom is -0.497 e. The topological polar surface area (TPSA) is 107 Å². The van der Waals surface area contributed by atoms with Gasteiger partial charge in [0, 0.05) is 24.7 Å². The van der Waals surface area contributed by atoms with E-state index < -0.39 is 0 Å². The van der Waals surface area contributed by atoms with Crippen LogP contribution in [0.3, 0.4) is 0 Å². The molecule has 2 aromatic heterocycles. The second-order valence-corrected chi connectivity index (χ2v) is 9.29. The molecule has 6 rings (SSSR count). The first-order valence-corrected chi connectivity index (χ1v) is 12.3. The number of fused-ring (bicyclic) bond motifs is 2. The van der Waals surface area contributed by atoms with Crippen molar-refractivity contribution < 1.29 is 18.6 Å². The Labute approximate surface area is 222 Å². The number of hydrogen-bond acceptors (Lipinski definition) is 8. The molecule has 1 aliphatic heterocycles. The van der Waals surface area contributed by atoms with Crippen LogP contribution in [0, 0.1) is 5.82 Å². The van der Waals surface area contributed by atoms with Crippen LogP contribution in [0.25, 0.3) is 10.9 Å². The Bertz CT molecular complexity index is 1680. The molecule has 3 heterocycles. The van der Waals surface area contributed by atoms with E-state index in [1.165, 1.54) is 12.1 Å². The highest BCUT2D eigenvalue weighted by Gasteiger charge is 2.19. The normalized spacial score (nSPS) is 12.4. The third-order valence-corrected chi connectivity index (χ3v) is 6.58. The second kappa shape index (κ2) is 10.5. The van der Waals surface area contributed by atoms with Crippen LogP contribution >= 0.6 is 0 Å². The summed E-state index contributed by atoms with van der Waals surface area (Å²) in [4.78, 5) is 18.1. The Balaban J connectivity index is 1.30. The predicted molar refractivity (Wildman–Crippen MR) is 140 cm³/mol. The predicted octanol–water partition coefficient (Wildman–Crippen LogP) is 3.64. The standard InChI is InChI=1S/C28H25FN6O4/c1-37-23-8-5-20-11-21(28(36)30-24(20)12-23)15-34(13-19-4-9-25-26(10-19)39-17-38-25)16-27-31-32-33-35(27)14-18-2-6-22(29)7-3-18/h2-12H,13-17H2,1H3,(H,30,36). The number of ether oxygens (including phenoxy) is 3. The van der Waals surface area contributed by atoms with Gasteiger partial charge in [-0.2, -0.15) is 0 Å². The van der Waals surface area contributed by atoms with Crippen LogP contribution in [-0.2, 0) is 26.2 Å². The molecule has 1 aliphatic rings. The Hall–Kier alpha value is -4.77. The molecule has 0 saturated carbocycles. The maximum Gasteiger partial charge on any atom is 0.252 e. The van der Waals surface area contributed by atoms with Crippen LogP contribution in [0.5, 0.6) is 17.2 Å². The van der Waals surface area contributed by atoms with Crippen molar-refractivity contribution in [2.45, 2.75) is 26.2 Å². The number of aromatic amines is 1. The molecule has 0 radical (unpaired) electrons. The Morgan fingerprint density at radius 1 is 0.974 bits per heavy atom. The Morgan fingerprint density at radius 3 is 2.64 bits per heavy atom. The van der Waals surface area contributed by atoms with E-state index in [0.717, 1.165) is 16.5 Å². The number of benzene rings is 3. The molecule has 5 aromatic rings. The van der Waals surface area contributed by atoms with Crippen LogP contribution in [0.1, 0.15) is 22.5 Å². The van der Waals surface area contributed by atoms with E-state index in [1.807, 2.05) is 36.4 Å². The zero-order valence-electron chi connectivity index (χ0n) is 21.1. The highest BCUT2D eigenvalue weighted by Crippen LogP contribution is 2.33. The summed E-state index contributed by atoms with van der Waals surface area (Å²) in [6.07, 6.45) is 0. The number of pyridine rings is 1. The van der Waals surface area contributed by atoms with Gasteiger partial charge in [0.15, 0.2) is 17.3 Å². The number of tetrazole rings is 1. The van der Waals surface area contributed by atoms with Gasteiger partial charge in [-0.1, -0.05) is 18.2 Å². The first-order chi connectivity index (χ1) is 19.0. The van der Waals surface area contributed by atoms with Crippen molar-refractivity contribution in [2.75, 3.05) is 13.9 Å². The largest absolute Gasteiger partial charge is 0.497 e. The molecule has 0 spiro atoms. The lowest BCUT2D eigenvalue weighted by molar-refractivity contribution is 0.174. The Morgan fingerprint density at radius 2 is 1.79 bits per heavy atom. The molecule has 0 fully saturated rings. The van der Waals surface area contributed by atoms with E-state index in [0.29, 0.717) is 60.3 Å². The summed E-state index contributed by atoms with van der Waals surface area (Å²) < 4.78 is 31.3. The number of H-pyrrole nitrogens is 1. The van der Waals surface area contributed by atoms with Gasteiger partial charge < -0.3 is 19.2 Å². The molecule has 0 unspecified atom stereocenters. The van der Waals surface area contributed by atoms with Crippen molar-refractivity contribution in [3.63, 3.8) is 0 Å². The van der Waals surface area contributed by atoms with Crippen molar-refractivity contribution in [1.82, 2.24) is 30.1 Å². The molecule has 0 amide bonds. The minimum atomic E-state index is -0.301. The first kappa shape index (κ1) is 24.6. The monoisotopic (exact) mass is 528 g/mol. The number of methoxy groups -OCH3 is 1. The van der Waals surface area contributed by atoms with Crippen LogP contribution in [0.4, 0.5) is 4.39 Å². The summed E-state index contributed by atoms with van der Waals surface area (Å²) in [7, 11) is 1.59. The molecule has 0 aliphatic carbocycles. The van der Waals surface area contributed by atoms with E-state index in [9.17, 15) is 9.18 Å². The number of aromatic nitrogens is 5. The second-order valence-electron chi connectivity index (χ2n) is 9.29. The lowest BCUT2D eigenvalue weighted by atomic mass is 10.1. The van der Waals surface area contributed by atoms with Crippen molar-refractivity contribution in [1.29, 1.82) is 0 Å². The van der Waals surface area contributed by atoms with Crippen LogP contribution in [-0.4, -0.2) is 44.0 Å². The quantitative estimate of drug-likeness (QED) is 0.309. The van der Waals surface area contributed by atoms with Crippen LogP contribution < -0.4 is 19.8 Å². The number of halogens is 1. The van der Waals surface area contributed by atoms with E-state index in [2.05, 4.69) is 25.4 Å². The Kier molecular flexibility index (Phi) is 6.64. The van der Waals surface area contributed by atoms with Crippen molar-refractivity contribution in [3.05, 3.63) is 105 Å². The lowest BCUT2D eigenvalue weighted by Crippen LogP contribution is -2.28. The fourth-order valence-corrected chi connectivity index (χ4v) is 4.60. The molecule has 0 atom stereocenters. The van der Waals surface area contributed by atoms with Crippen LogP contribution in [0.2, 0.25) is 0 Å². The van der Waals surface area contributed by atoms with Crippen LogP contribution in [0.15, 0.2) is 71.5 Å². The average Bonchev–Trinajstić information content (AvgIpc) is 3.59. The van der Waals surface area contributed by atoms with Crippen molar-refractivity contribution in [2.24, 2.45) is 0 Å². The van der Waals surface area contributed by atoms with Gasteiger partial charge in [-0.05, 0) is 69.4 Å². The summed E-state index contributed by atoms with van der Waals surface area (Å²) >= 11 is 0. The number of rotatable bonds is 9. The number of nitrogens with one attached hydrogen (secondary N) is 1. The summed E-state index contributed by atoms with van der Waals surface area (Å²) in [6.45, 7) is 1.79. The number of hydrogen-bond donors (Lipinski definition) is 1. The van der Waals surface area contributed by atoms with E-state index in [1.54, 1.807) is 30.0 Å². The van der Waals surface area contributed by atoms with Gasteiger partial charge in [-0.3, -0.25) is 9.69 Å². The molecule has 1 N–H and O–H groups in total. The van der Waals surface area contributed by atoms with E-state index in [4.69, 9.17) is 14.2 Å². The summed E-state index contributed by atoms with van der Waals surface area (Å²) in [5.41, 5.74) is 2.98. The maximum absolute atomic E-state index is 13.4. The van der Waals surface area contributed by atoms with Gasteiger partial charge in [0.1, 0.15) is 11.6 Å². The molecular formula is C28H25FN6O4. The van der Waals surface area contributed by atoms with Gasteiger partial charge in [0.2, 0.25) is 6.79 Å². The van der Waals surface area contributed by atoms with Gasteiger partial charge in [-0.25, -0.2) is 9.07 Å². The molecule has 39 heavy (non-hydrogen) atoms. The highest BCUT2D eigenvalue weighted by molar-refractivity contribution is 5.80. The molecule has 198 valence electrons. The molecule has 0 saturated heterocycles. The fourth-order valence-electron chi connectivity index (χ4n) is 4.60. The van der Waals surface area contributed by atoms with Gasteiger partial charge in [-0.15, -0.1) is 5.10 Å². The summed E-state index contributed by atoms with van der Waals surface area (Å²) in [6, 6.07) is 19.5. The molecule has 0 bridgehead atoms. The van der Waals surface area contributed by atoms with Gasteiger partial charge in [0.25, 0.3) is 5.56 Å². The zero-order chi connectivity index (χ0) is 26.8. The van der Waals surface area contributed by atoms with E-state index >= 15 is 0 Å². The molecule has 11 heteroatoms. The highest BCUT2D eigenvalue weighted by atomic mass is 19.1. The summed E-state index contributed by atoms with van der Waals surface area (Å²) in [5, 5.41) is 13.2. The third kappa shape index (κ3) is 5.43. The number of nitrogens with zero attached hydrogens (tertiary/aromatic N) is 5. The minimum absolute atomic E-state index is 0.183. The van der Waals surface area contributed by atoms with Crippen molar-refractivity contribution >= 4 is 10.9 Å². The molecular weight excluding hydrogens is 503 g/mol. The summed E-state index contributed by atoms with van der Waals surface area (Å²) in [5.74, 6) is 2.37. The SMILES string of the molecule is COc1ccc2cc(CN(Cc3ccc4c(c3)OCO4)Cc3nnnn3Cc3ccc(F)cc3)c(=O)[nH]c2c1. The van der Waals surface area contributed by atoms with Crippen molar-refractivity contribution in [3.8, 4) is 17.2 Å².